The van der Waals surface area contributed by atoms with Gasteiger partial charge in [0.2, 0.25) is 0 Å². The molecule has 0 saturated carbocycles. The number of aliphatic imine (C=N–C) groups is 1. The lowest BCUT2D eigenvalue weighted by Crippen LogP contribution is -2.14. The Labute approximate surface area is 207 Å². The van der Waals surface area contributed by atoms with Crippen molar-refractivity contribution in [1.29, 1.82) is 5.26 Å². The standard InChI is InChI=1S/C24H19Br2N3O2S/c25-18-12-15(13-19(26)22(18)31-11-10-27)14-28-24-21(17-8-4-5-9-20(17)32-24)23(30)29-16-6-2-1-3-7-16/h1-3,6-7,12-14H,4-5,8-9,11H2,(H,29,30). The second-order valence-electron chi connectivity index (χ2n) is 7.23. The van der Waals surface area contributed by atoms with Gasteiger partial charge in [-0.3, -0.25) is 4.79 Å². The van der Waals surface area contributed by atoms with Crippen LogP contribution < -0.4 is 10.1 Å². The number of hydrogen-bond donors (Lipinski definition) is 1. The van der Waals surface area contributed by atoms with Crippen molar-refractivity contribution in [2.45, 2.75) is 25.7 Å². The van der Waals surface area contributed by atoms with Gasteiger partial charge in [0.1, 0.15) is 16.8 Å². The first-order valence-electron chi connectivity index (χ1n) is 10.1. The van der Waals surface area contributed by atoms with Crippen LogP contribution in [-0.2, 0) is 12.8 Å². The lowest BCUT2D eigenvalue weighted by atomic mass is 9.95. The zero-order valence-electron chi connectivity index (χ0n) is 17.0. The van der Waals surface area contributed by atoms with Gasteiger partial charge in [-0.15, -0.1) is 11.3 Å². The van der Waals surface area contributed by atoms with Crippen molar-refractivity contribution in [2.75, 3.05) is 11.9 Å². The number of carbonyl (C=O) groups excluding carboxylic acids is 1. The van der Waals surface area contributed by atoms with Crippen molar-refractivity contribution in [2.24, 2.45) is 4.99 Å². The summed E-state index contributed by atoms with van der Waals surface area (Å²) in [5.74, 6) is 0.448. The van der Waals surface area contributed by atoms with Gasteiger partial charge < -0.3 is 10.1 Å². The van der Waals surface area contributed by atoms with E-state index < -0.39 is 0 Å². The Morgan fingerprint density at radius 2 is 1.91 bits per heavy atom. The fourth-order valence-electron chi connectivity index (χ4n) is 3.62. The minimum absolute atomic E-state index is 0.0364. The van der Waals surface area contributed by atoms with Gasteiger partial charge in [-0.25, -0.2) is 4.99 Å². The van der Waals surface area contributed by atoms with E-state index in [1.165, 1.54) is 4.88 Å². The molecule has 1 heterocycles. The summed E-state index contributed by atoms with van der Waals surface area (Å²) in [6.45, 7) is -0.0364. The Kier molecular flexibility index (Phi) is 7.40. The third kappa shape index (κ3) is 5.12. The number of fused-ring (bicyclic) bond motifs is 1. The highest BCUT2D eigenvalue weighted by molar-refractivity contribution is 9.11. The number of aryl methyl sites for hydroxylation is 1. The number of nitrogens with one attached hydrogen (secondary N) is 1. The van der Waals surface area contributed by atoms with Gasteiger partial charge >= 0.3 is 0 Å². The normalized spacial score (nSPS) is 12.9. The summed E-state index contributed by atoms with van der Waals surface area (Å²) in [4.78, 5) is 19.2. The van der Waals surface area contributed by atoms with E-state index in [1.807, 2.05) is 48.5 Å². The number of nitriles is 1. The molecule has 1 aliphatic rings. The van der Waals surface area contributed by atoms with Crippen molar-refractivity contribution in [1.82, 2.24) is 0 Å². The largest absolute Gasteiger partial charge is 0.476 e. The summed E-state index contributed by atoms with van der Waals surface area (Å²) < 4.78 is 6.88. The minimum atomic E-state index is -0.120. The molecule has 0 unspecified atom stereocenters. The quantitative estimate of drug-likeness (QED) is 0.321. The highest BCUT2D eigenvalue weighted by atomic mass is 79.9. The average Bonchev–Trinajstić information content (AvgIpc) is 3.16. The van der Waals surface area contributed by atoms with Gasteiger partial charge in [0.15, 0.2) is 6.61 Å². The number of anilines is 1. The zero-order valence-corrected chi connectivity index (χ0v) is 21.0. The van der Waals surface area contributed by atoms with E-state index in [-0.39, 0.29) is 12.5 Å². The van der Waals surface area contributed by atoms with Crippen LogP contribution in [0, 0.1) is 11.3 Å². The van der Waals surface area contributed by atoms with Crippen molar-refractivity contribution in [3.05, 3.63) is 73.0 Å². The number of amides is 1. The number of thiophene rings is 1. The SMILES string of the molecule is N#CCOc1c(Br)cc(C=Nc2sc3c(c2C(=O)Nc2ccccc2)CCCC3)cc1Br. The first-order chi connectivity index (χ1) is 15.6. The van der Waals surface area contributed by atoms with Gasteiger partial charge in [-0.1, -0.05) is 18.2 Å². The van der Waals surface area contributed by atoms with E-state index in [0.717, 1.165) is 56.4 Å². The fraction of sp³-hybridized carbons (Fsp3) is 0.208. The Morgan fingerprint density at radius 3 is 2.62 bits per heavy atom. The van der Waals surface area contributed by atoms with Crippen LogP contribution in [0.2, 0.25) is 0 Å². The molecule has 0 aliphatic heterocycles. The van der Waals surface area contributed by atoms with Gasteiger partial charge in [0.05, 0.1) is 14.5 Å². The monoisotopic (exact) mass is 571 g/mol. The smallest absolute Gasteiger partial charge is 0.259 e. The molecule has 4 rings (SSSR count). The third-order valence-electron chi connectivity index (χ3n) is 5.04. The van der Waals surface area contributed by atoms with Crippen molar-refractivity contribution in [3.8, 4) is 11.8 Å². The van der Waals surface area contributed by atoms with E-state index in [1.54, 1.807) is 17.6 Å². The first-order valence-corrected chi connectivity index (χ1v) is 12.5. The van der Waals surface area contributed by atoms with Crippen molar-refractivity contribution in [3.63, 3.8) is 0 Å². The number of nitrogens with zero attached hydrogens (tertiary/aromatic N) is 2. The highest BCUT2D eigenvalue weighted by Crippen LogP contribution is 2.40. The molecule has 0 atom stereocenters. The molecule has 1 amide bonds. The van der Waals surface area contributed by atoms with Crippen molar-refractivity contribution >= 4 is 66.0 Å². The number of para-hydroxylation sites is 1. The van der Waals surface area contributed by atoms with Crippen LogP contribution in [0.25, 0.3) is 0 Å². The summed E-state index contributed by atoms with van der Waals surface area (Å²) >= 11 is 8.58. The van der Waals surface area contributed by atoms with Crippen LogP contribution in [0.15, 0.2) is 56.4 Å². The average molecular weight is 573 g/mol. The maximum absolute atomic E-state index is 13.2. The number of carbonyl (C=O) groups is 1. The Morgan fingerprint density at radius 1 is 1.19 bits per heavy atom. The molecule has 2 aromatic carbocycles. The van der Waals surface area contributed by atoms with Gasteiger partial charge in [0, 0.05) is 16.8 Å². The second-order valence-corrected chi connectivity index (χ2v) is 10.0. The van der Waals surface area contributed by atoms with Gasteiger partial charge in [-0.05, 0) is 92.9 Å². The molecule has 1 aromatic heterocycles. The molecule has 3 aromatic rings. The predicted octanol–water partition coefficient (Wildman–Crippen LogP) is 7.06. The van der Waals surface area contributed by atoms with E-state index in [9.17, 15) is 4.79 Å². The molecule has 8 heteroatoms. The predicted molar refractivity (Wildman–Crippen MR) is 136 cm³/mol. The summed E-state index contributed by atoms with van der Waals surface area (Å²) in [5.41, 5.74) is 3.42. The zero-order chi connectivity index (χ0) is 22.5. The Balaban J connectivity index is 1.65. The van der Waals surface area contributed by atoms with E-state index in [0.29, 0.717) is 11.3 Å². The molecular formula is C24H19Br2N3O2S. The summed E-state index contributed by atoms with van der Waals surface area (Å²) in [6.07, 6.45) is 5.87. The number of benzene rings is 2. The Hall–Kier alpha value is -2.47. The second kappa shape index (κ2) is 10.4. The van der Waals surface area contributed by atoms with Crippen LogP contribution in [0.1, 0.15) is 39.2 Å². The molecule has 5 nitrogen and oxygen atoms in total. The fourth-order valence-corrected chi connectivity index (χ4v) is 6.30. The van der Waals surface area contributed by atoms with Gasteiger partial charge in [0.25, 0.3) is 5.91 Å². The molecule has 32 heavy (non-hydrogen) atoms. The van der Waals surface area contributed by atoms with Crippen LogP contribution in [0.5, 0.6) is 5.75 Å². The number of rotatable bonds is 6. The summed E-state index contributed by atoms with van der Waals surface area (Å²) in [7, 11) is 0. The molecule has 0 bridgehead atoms. The summed E-state index contributed by atoms with van der Waals surface area (Å²) in [6, 6.07) is 15.2. The topological polar surface area (TPSA) is 74.5 Å². The molecule has 0 radical (unpaired) electrons. The third-order valence-corrected chi connectivity index (χ3v) is 7.42. The van der Waals surface area contributed by atoms with Crippen LogP contribution >= 0.6 is 43.2 Å². The molecule has 0 saturated heterocycles. The molecule has 1 N–H and O–H groups in total. The molecular weight excluding hydrogens is 554 g/mol. The minimum Gasteiger partial charge on any atom is -0.476 e. The number of hydrogen-bond acceptors (Lipinski definition) is 5. The number of halogens is 2. The molecule has 1 aliphatic carbocycles. The lowest BCUT2D eigenvalue weighted by Gasteiger charge is -2.12. The van der Waals surface area contributed by atoms with Crippen LogP contribution in [0.4, 0.5) is 10.7 Å². The van der Waals surface area contributed by atoms with E-state index >= 15 is 0 Å². The molecule has 0 fully saturated rings. The van der Waals surface area contributed by atoms with Crippen molar-refractivity contribution < 1.29 is 9.53 Å². The molecule has 162 valence electrons. The van der Waals surface area contributed by atoms with E-state index in [4.69, 9.17) is 15.0 Å². The lowest BCUT2D eigenvalue weighted by molar-refractivity contribution is 0.102. The number of ether oxygens (including phenoxy) is 1. The molecule has 0 spiro atoms. The Bertz CT molecular complexity index is 1190. The van der Waals surface area contributed by atoms with Crippen LogP contribution in [-0.4, -0.2) is 18.7 Å². The first kappa shape index (κ1) is 22.7. The van der Waals surface area contributed by atoms with Gasteiger partial charge in [-0.2, -0.15) is 5.26 Å². The summed E-state index contributed by atoms with van der Waals surface area (Å²) in [5, 5.41) is 12.5. The van der Waals surface area contributed by atoms with Crippen LogP contribution in [0.3, 0.4) is 0 Å². The maximum atomic E-state index is 13.2. The highest BCUT2D eigenvalue weighted by Gasteiger charge is 2.25. The maximum Gasteiger partial charge on any atom is 0.259 e. The van der Waals surface area contributed by atoms with E-state index in [2.05, 4.69) is 37.2 Å².